The van der Waals surface area contributed by atoms with Gasteiger partial charge in [0.25, 0.3) is 0 Å². The summed E-state index contributed by atoms with van der Waals surface area (Å²) in [7, 11) is 0. The molecule has 2 heterocycles. The number of hydrogen-bond acceptors (Lipinski definition) is 3. The highest BCUT2D eigenvalue weighted by Crippen LogP contribution is 2.28. The molecule has 1 atom stereocenters. The molecule has 2 aliphatic heterocycles. The molecule has 2 aliphatic rings. The molecule has 1 N–H and O–H groups in total. The van der Waals surface area contributed by atoms with Crippen molar-refractivity contribution in [2.24, 2.45) is 5.92 Å². The second-order valence-corrected chi connectivity index (χ2v) is 8.14. The van der Waals surface area contributed by atoms with Gasteiger partial charge in [0.05, 0.1) is 5.69 Å². The number of likely N-dealkylation sites (tertiary alicyclic amines) is 1. The van der Waals surface area contributed by atoms with Gasteiger partial charge in [0.2, 0.25) is 5.91 Å². The monoisotopic (exact) mass is 350 g/mol. The Morgan fingerprint density at radius 1 is 1.25 bits per heavy atom. The Hall–Kier alpha value is -1.07. The van der Waals surface area contributed by atoms with Crippen LogP contribution in [0.25, 0.3) is 0 Å². The van der Waals surface area contributed by atoms with E-state index >= 15 is 0 Å². The molecule has 3 nitrogen and oxygen atoms in total. The fourth-order valence-electron chi connectivity index (χ4n) is 3.83. The smallest absolute Gasteiger partial charge is 0.224 e. The second-order valence-electron chi connectivity index (χ2n) is 6.91. The fourth-order valence-corrected chi connectivity index (χ4v) is 4.91. The molecule has 1 amide bonds. The Morgan fingerprint density at radius 2 is 2.04 bits per heavy atom. The molecule has 0 unspecified atom stereocenters. The van der Waals surface area contributed by atoms with Gasteiger partial charge in [-0.25, -0.2) is 4.39 Å². The summed E-state index contributed by atoms with van der Waals surface area (Å²) in [6, 6.07) is 7.10. The van der Waals surface area contributed by atoms with Crippen LogP contribution in [0.2, 0.25) is 0 Å². The predicted octanol–water partition coefficient (Wildman–Crippen LogP) is 4.15. The van der Waals surface area contributed by atoms with E-state index in [0.29, 0.717) is 12.3 Å². The summed E-state index contributed by atoms with van der Waals surface area (Å²) in [5, 5.41) is 2.69. The van der Waals surface area contributed by atoms with Gasteiger partial charge in [0, 0.05) is 19.0 Å². The van der Waals surface area contributed by atoms with Crippen LogP contribution in [0.15, 0.2) is 24.3 Å². The third kappa shape index (κ3) is 4.96. The molecule has 0 saturated carbocycles. The van der Waals surface area contributed by atoms with Crippen LogP contribution in [0.4, 0.5) is 10.1 Å². The number of anilines is 1. The van der Waals surface area contributed by atoms with Crippen molar-refractivity contribution in [1.82, 2.24) is 4.90 Å². The zero-order valence-electron chi connectivity index (χ0n) is 14.2. The maximum absolute atomic E-state index is 13.6. The Bertz CT molecular complexity index is 548. The van der Waals surface area contributed by atoms with E-state index in [4.69, 9.17) is 0 Å². The third-order valence-corrected chi connectivity index (χ3v) is 6.23. The summed E-state index contributed by atoms with van der Waals surface area (Å²) in [4.78, 5) is 14.8. The first-order chi connectivity index (χ1) is 11.7. The van der Waals surface area contributed by atoms with Gasteiger partial charge in [-0.15, -0.1) is 0 Å². The van der Waals surface area contributed by atoms with Gasteiger partial charge < -0.3 is 10.2 Å². The van der Waals surface area contributed by atoms with Crippen molar-refractivity contribution in [2.75, 3.05) is 29.9 Å². The van der Waals surface area contributed by atoms with Crippen LogP contribution in [0.5, 0.6) is 0 Å². The molecule has 0 radical (unpaired) electrons. The van der Waals surface area contributed by atoms with Crippen molar-refractivity contribution in [1.29, 1.82) is 0 Å². The van der Waals surface area contributed by atoms with E-state index in [1.54, 1.807) is 18.2 Å². The number of benzene rings is 1. The highest BCUT2D eigenvalue weighted by molar-refractivity contribution is 7.99. The molecule has 1 aromatic carbocycles. The molecule has 2 saturated heterocycles. The number of rotatable bonds is 5. The number of nitrogens with one attached hydrogen (secondary N) is 1. The van der Waals surface area contributed by atoms with Crippen molar-refractivity contribution in [3.63, 3.8) is 0 Å². The average molecular weight is 351 g/mol. The van der Waals surface area contributed by atoms with Gasteiger partial charge in [-0.2, -0.15) is 11.8 Å². The summed E-state index contributed by atoms with van der Waals surface area (Å²) in [6.07, 6.45) is 6.45. The zero-order valence-corrected chi connectivity index (χ0v) is 15.0. The maximum atomic E-state index is 13.6. The molecule has 2 fully saturated rings. The lowest BCUT2D eigenvalue weighted by molar-refractivity contribution is -0.116. The lowest BCUT2D eigenvalue weighted by atomic mass is 9.91. The van der Waals surface area contributed by atoms with Crippen LogP contribution >= 0.6 is 11.8 Å². The standard InChI is InChI=1S/C19H27FN2OS/c20-17-5-1-2-6-18(17)21-19(23)8-7-15-4-3-11-22(14-15)16-9-12-24-13-10-16/h1-2,5-6,15-16H,3-4,7-14H2,(H,21,23)/t15-/m1/s1. The van der Waals surface area contributed by atoms with Crippen molar-refractivity contribution in [2.45, 2.75) is 44.6 Å². The Morgan fingerprint density at radius 3 is 2.83 bits per heavy atom. The van der Waals surface area contributed by atoms with Gasteiger partial charge >= 0.3 is 0 Å². The van der Waals surface area contributed by atoms with Crippen LogP contribution in [0, 0.1) is 11.7 Å². The van der Waals surface area contributed by atoms with Crippen molar-refractivity contribution < 1.29 is 9.18 Å². The molecule has 1 aromatic rings. The normalized spacial score (nSPS) is 23.1. The van der Waals surface area contributed by atoms with Crippen molar-refractivity contribution in [3.05, 3.63) is 30.1 Å². The number of nitrogens with zero attached hydrogens (tertiary/aromatic N) is 1. The number of hydrogen-bond donors (Lipinski definition) is 1. The van der Waals surface area contributed by atoms with E-state index in [2.05, 4.69) is 22.0 Å². The Kier molecular flexibility index (Phi) is 6.55. The first kappa shape index (κ1) is 17.7. The first-order valence-corrected chi connectivity index (χ1v) is 10.2. The summed E-state index contributed by atoms with van der Waals surface area (Å²) in [6.45, 7) is 2.34. The maximum Gasteiger partial charge on any atom is 0.224 e. The fraction of sp³-hybridized carbons (Fsp3) is 0.632. The van der Waals surface area contributed by atoms with Crippen LogP contribution < -0.4 is 5.32 Å². The van der Waals surface area contributed by atoms with Gasteiger partial charge in [0.15, 0.2) is 0 Å². The summed E-state index contributed by atoms with van der Waals surface area (Å²) < 4.78 is 13.6. The highest BCUT2D eigenvalue weighted by Gasteiger charge is 2.27. The summed E-state index contributed by atoms with van der Waals surface area (Å²) in [5.74, 6) is 2.73. The topological polar surface area (TPSA) is 32.3 Å². The highest BCUT2D eigenvalue weighted by atomic mass is 32.2. The number of carbonyl (C=O) groups excluding carboxylic acids is 1. The van der Waals surface area contributed by atoms with E-state index in [1.807, 2.05) is 0 Å². The van der Waals surface area contributed by atoms with E-state index in [1.165, 1.54) is 49.8 Å². The number of amides is 1. The molecule has 0 aromatic heterocycles. The molecule has 0 spiro atoms. The first-order valence-electron chi connectivity index (χ1n) is 9.08. The van der Waals surface area contributed by atoms with Gasteiger partial charge in [-0.05, 0) is 68.2 Å². The molecule has 24 heavy (non-hydrogen) atoms. The number of para-hydroxylation sites is 1. The largest absolute Gasteiger partial charge is 0.324 e. The molecule has 0 bridgehead atoms. The van der Waals surface area contributed by atoms with E-state index in [-0.39, 0.29) is 17.4 Å². The number of carbonyl (C=O) groups is 1. The Balaban J connectivity index is 1.44. The molecule has 132 valence electrons. The molecular weight excluding hydrogens is 323 g/mol. The lowest BCUT2D eigenvalue weighted by Crippen LogP contribution is -2.44. The molecule has 3 rings (SSSR count). The number of thioether (sulfide) groups is 1. The van der Waals surface area contributed by atoms with Gasteiger partial charge in [-0.3, -0.25) is 4.79 Å². The van der Waals surface area contributed by atoms with Crippen molar-refractivity contribution >= 4 is 23.4 Å². The minimum Gasteiger partial charge on any atom is -0.324 e. The van der Waals surface area contributed by atoms with E-state index in [0.717, 1.165) is 19.0 Å². The van der Waals surface area contributed by atoms with Crippen molar-refractivity contribution in [3.8, 4) is 0 Å². The van der Waals surface area contributed by atoms with Gasteiger partial charge in [0.1, 0.15) is 5.82 Å². The summed E-state index contributed by atoms with van der Waals surface area (Å²) >= 11 is 2.07. The predicted molar refractivity (Wildman–Crippen MR) is 98.9 cm³/mol. The molecule has 0 aliphatic carbocycles. The quantitative estimate of drug-likeness (QED) is 0.866. The van der Waals surface area contributed by atoms with E-state index in [9.17, 15) is 9.18 Å². The molecule has 5 heteroatoms. The lowest BCUT2D eigenvalue weighted by Gasteiger charge is -2.40. The third-order valence-electron chi connectivity index (χ3n) is 5.19. The average Bonchev–Trinajstić information content (AvgIpc) is 2.63. The number of piperidine rings is 1. The second kappa shape index (κ2) is 8.86. The van der Waals surface area contributed by atoms with Gasteiger partial charge in [-0.1, -0.05) is 12.1 Å². The van der Waals surface area contributed by atoms with Crippen LogP contribution in [-0.2, 0) is 4.79 Å². The number of halogens is 1. The van der Waals surface area contributed by atoms with Crippen LogP contribution in [0.1, 0.15) is 38.5 Å². The minimum atomic E-state index is -0.371. The molecular formula is C19H27FN2OS. The van der Waals surface area contributed by atoms with Crippen LogP contribution in [-0.4, -0.2) is 41.4 Å². The zero-order chi connectivity index (χ0) is 16.8. The Labute approximate surface area is 148 Å². The van der Waals surface area contributed by atoms with E-state index < -0.39 is 0 Å². The minimum absolute atomic E-state index is 0.0775. The SMILES string of the molecule is O=C(CC[C@H]1CCCN(C2CCSCC2)C1)Nc1ccccc1F. The summed E-state index contributed by atoms with van der Waals surface area (Å²) in [5.41, 5.74) is 0.285. The van der Waals surface area contributed by atoms with Crippen LogP contribution in [0.3, 0.4) is 0 Å².